The summed E-state index contributed by atoms with van der Waals surface area (Å²) >= 11 is 0. The van der Waals surface area contributed by atoms with Gasteiger partial charge in [-0.25, -0.2) is 4.98 Å². The van der Waals surface area contributed by atoms with Crippen molar-refractivity contribution in [2.24, 2.45) is 0 Å². The van der Waals surface area contributed by atoms with Gasteiger partial charge < -0.3 is 4.98 Å². The quantitative estimate of drug-likeness (QED) is 0.501. The molecule has 1 rings (SSSR count). The van der Waals surface area contributed by atoms with Gasteiger partial charge in [-0.15, -0.1) is 0 Å². The average molecular weight is 93.1 g/mol. The van der Waals surface area contributed by atoms with E-state index in [9.17, 15) is 0 Å². The first-order chi connectivity index (χ1) is 3.43. The zero-order chi connectivity index (χ0) is 5.11. The van der Waals surface area contributed by atoms with E-state index >= 15 is 0 Å². The molecule has 0 saturated heterocycles. The van der Waals surface area contributed by atoms with Gasteiger partial charge in [0, 0.05) is 12.4 Å². The molecule has 0 fully saturated rings. The van der Waals surface area contributed by atoms with Gasteiger partial charge >= 0.3 is 0 Å². The monoisotopic (exact) mass is 93.0 g/mol. The Bertz CT molecular complexity index is 169. The number of imidazole rings is 1. The van der Waals surface area contributed by atoms with E-state index in [2.05, 4.69) is 9.97 Å². The van der Waals surface area contributed by atoms with E-state index in [0.717, 1.165) is 0 Å². The number of H-pyrrole nitrogens is 1. The Morgan fingerprint density at radius 3 is 3.00 bits per heavy atom. The van der Waals surface area contributed by atoms with Crippen molar-refractivity contribution in [3.05, 3.63) is 18.2 Å². The highest BCUT2D eigenvalue weighted by Gasteiger charge is 1.82. The molecule has 0 saturated carbocycles. The van der Waals surface area contributed by atoms with Gasteiger partial charge in [-0.1, -0.05) is 0 Å². The van der Waals surface area contributed by atoms with Crippen molar-refractivity contribution in [1.82, 2.24) is 9.97 Å². The summed E-state index contributed by atoms with van der Waals surface area (Å²) < 4.78 is 0. The Kier molecular flexibility index (Phi) is 0.794. The summed E-state index contributed by atoms with van der Waals surface area (Å²) in [7, 11) is 0. The molecule has 0 aliphatic rings. The van der Waals surface area contributed by atoms with Crippen LogP contribution in [0.3, 0.4) is 0 Å². The molecular formula is C4H3N3. The number of aromatic nitrogens is 2. The lowest BCUT2D eigenvalue weighted by Gasteiger charge is -1.65. The first-order valence-corrected chi connectivity index (χ1v) is 1.83. The number of hydrogen-bond donors (Lipinski definition) is 1. The summed E-state index contributed by atoms with van der Waals surface area (Å²) in [4.78, 5) is 6.23. The molecule has 34 valence electrons. The van der Waals surface area contributed by atoms with Crippen LogP contribution in [-0.2, 0) is 0 Å². The van der Waals surface area contributed by atoms with Gasteiger partial charge in [0.1, 0.15) is 6.07 Å². The zero-order valence-corrected chi connectivity index (χ0v) is 3.55. The van der Waals surface area contributed by atoms with Crippen LogP contribution in [0.4, 0.5) is 0 Å². The summed E-state index contributed by atoms with van der Waals surface area (Å²) in [5.41, 5.74) is 0. The van der Waals surface area contributed by atoms with E-state index in [1.54, 1.807) is 12.4 Å². The molecule has 0 aromatic carbocycles. The van der Waals surface area contributed by atoms with Gasteiger partial charge in [-0.3, -0.25) is 0 Å². The molecule has 0 unspecified atom stereocenters. The molecule has 1 aromatic heterocycles. The van der Waals surface area contributed by atoms with Crippen LogP contribution in [-0.4, -0.2) is 9.97 Å². The van der Waals surface area contributed by atoms with Gasteiger partial charge in [0.15, 0.2) is 0 Å². The average Bonchev–Trinajstić information content (AvgIpc) is 2.14. The highest BCUT2D eigenvalue weighted by molar-refractivity contribution is 5.07. The smallest absolute Gasteiger partial charge is 0.210 e. The molecule has 3 heteroatoms. The molecule has 1 N–H and O–H groups in total. The van der Waals surface area contributed by atoms with Crippen LogP contribution in [0, 0.1) is 11.3 Å². The highest BCUT2D eigenvalue weighted by Crippen LogP contribution is 1.79. The van der Waals surface area contributed by atoms with Crippen molar-refractivity contribution >= 4 is 0 Å². The van der Waals surface area contributed by atoms with Crippen LogP contribution in [0.15, 0.2) is 12.4 Å². The second-order valence-electron chi connectivity index (χ2n) is 1.05. The molecular weight excluding hydrogens is 90.1 g/mol. The molecule has 0 atom stereocenters. The molecule has 0 amide bonds. The number of nitrogens with zero attached hydrogens (tertiary/aromatic N) is 2. The fourth-order valence-corrected chi connectivity index (χ4v) is 0.326. The first kappa shape index (κ1) is 3.88. The zero-order valence-electron chi connectivity index (χ0n) is 3.55. The molecule has 0 bridgehead atoms. The Hall–Kier alpha value is -1.30. The lowest BCUT2D eigenvalue weighted by atomic mass is 10.7. The molecule has 7 heavy (non-hydrogen) atoms. The minimum Gasteiger partial charge on any atom is -0.336 e. The second-order valence-corrected chi connectivity index (χ2v) is 1.05. The van der Waals surface area contributed by atoms with Gasteiger partial charge in [0.25, 0.3) is 0 Å². The van der Waals surface area contributed by atoms with E-state index in [4.69, 9.17) is 5.26 Å². The van der Waals surface area contributed by atoms with Crippen molar-refractivity contribution in [1.29, 1.82) is 5.26 Å². The van der Waals surface area contributed by atoms with Gasteiger partial charge in [-0.05, 0) is 0 Å². The normalized spacial score (nSPS) is 7.86. The van der Waals surface area contributed by atoms with Crippen molar-refractivity contribution < 1.29 is 0 Å². The van der Waals surface area contributed by atoms with E-state index in [0.29, 0.717) is 5.82 Å². The molecule has 0 aliphatic heterocycles. The van der Waals surface area contributed by atoms with Gasteiger partial charge in [0.05, 0.1) is 0 Å². The number of rotatable bonds is 0. The number of hydrogen-bond acceptors (Lipinski definition) is 2. The molecule has 0 radical (unpaired) electrons. The minimum atomic E-state index is 0.361. The predicted molar refractivity (Wildman–Crippen MR) is 23.3 cm³/mol. The maximum Gasteiger partial charge on any atom is 0.210 e. The Balaban J connectivity index is 3.04. The summed E-state index contributed by atoms with van der Waals surface area (Å²) in [6.45, 7) is 0. The fourth-order valence-electron chi connectivity index (χ4n) is 0.326. The summed E-state index contributed by atoms with van der Waals surface area (Å²) in [6, 6.07) is 1.84. The third-order valence-corrected chi connectivity index (χ3v) is 0.604. The van der Waals surface area contributed by atoms with Crippen molar-refractivity contribution in [2.45, 2.75) is 0 Å². The van der Waals surface area contributed by atoms with Crippen LogP contribution in [0.2, 0.25) is 0 Å². The van der Waals surface area contributed by atoms with Crippen molar-refractivity contribution in [3.63, 3.8) is 0 Å². The maximum absolute atomic E-state index is 8.08. The molecule has 3 nitrogen and oxygen atoms in total. The Morgan fingerprint density at radius 1 is 1.86 bits per heavy atom. The Labute approximate surface area is 40.6 Å². The van der Waals surface area contributed by atoms with Crippen molar-refractivity contribution in [2.75, 3.05) is 0 Å². The number of nitriles is 1. The minimum absolute atomic E-state index is 0.361. The molecule has 0 spiro atoms. The standard InChI is InChI=1S/C4H3N3/c5-3-4-6-1-2-7-4/h1-2H,(H,6,7). The third kappa shape index (κ3) is 0.578. The lowest BCUT2D eigenvalue weighted by molar-refractivity contribution is 1.23. The van der Waals surface area contributed by atoms with Gasteiger partial charge in [0.2, 0.25) is 5.82 Å². The third-order valence-electron chi connectivity index (χ3n) is 0.604. The van der Waals surface area contributed by atoms with E-state index in [1.165, 1.54) is 0 Å². The second kappa shape index (κ2) is 1.43. The summed E-state index contributed by atoms with van der Waals surface area (Å²) in [5, 5.41) is 8.08. The summed E-state index contributed by atoms with van der Waals surface area (Å²) in [5.74, 6) is 0.361. The van der Waals surface area contributed by atoms with Crippen LogP contribution in [0.5, 0.6) is 0 Å². The van der Waals surface area contributed by atoms with E-state index in [-0.39, 0.29) is 0 Å². The Morgan fingerprint density at radius 2 is 2.71 bits per heavy atom. The maximum atomic E-state index is 8.08. The van der Waals surface area contributed by atoms with E-state index in [1.807, 2.05) is 6.07 Å². The van der Waals surface area contributed by atoms with Crippen LogP contribution < -0.4 is 0 Å². The number of aromatic amines is 1. The topological polar surface area (TPSA) is 52.5 Å². The molecule has 1 heterocycles. The van der Waals surface area contributed by atoms with Crippen molar-refractivity contribution in [3.8, 4) is 6.07 Å². The fraction of sp³-hybridized carbons (Fsp3) is 0. The van der Waals surface area contributed by atoms with Crippen LogP contribution >= 0.6 is 0 Å². The number of nitrogens with one attached hydrogen (secondary N) is 1. The largest absolute Gasteiger partial charge is 0.336 e. The van der Waals surface area contributed by atoms with Crippen LogP contribution in [0.1, 0.15) is 5.82 Å². The van der Waals surface area contributed by atoms with Gasteiger partial charge in [-0.2, -0.15) is 5.26 Å². The molecule has 0 aliphatic carbocycles. The SMILES string of the molecule is N#Cc1ncc[nH]1. The predicted octanol–water partition coefficient (Wildman–Crippen LogP) is 0.281. The summed E-state index contributed by atoms with van der Waals surface area (Å²) in [6.07, 6.45) is 3.15. The van der Waals surface area contributed by atoms with Crippen LogP contribution in [0.25, 0.3) is 0 Å². The first-order valence-electron chi connectivity index (χ1n) is 1.83. The lowest BCUT2D eigenvalue weighted by Crippen LogP contribution is -1.70. The molecule has 1 aromatic rings. The highest BCUT2D eigenvalue weighted by atomic mass is 14.9. The van der Waals surface area contributed by atoms with E-state index < -0.39 is 0 Å².